The number of benzene rings is 1. The summed E-state index contributed by atoms with van der Waals surface area (Å²) in [6, 6.07) is 9.28. The van der Waals surface area contributed by atoms with E-state index >= 15 is 0 Å². The van der Waals surface area contributed by atoms with Crippen LogP contribution in [0, 0.1) is 0 Å². The summed E-state index contributed by atoms with van der Waals surface area (Å²) in [5.41, 5.74) is 2.67. The van der Waals surface area contributed by atoms with Gasteiger partial charge in [-0.1, -0.05) is 19.1 Å². The number of ketones is 1. The zero-order valence-corrected chi connectivity index (χ0v) is 12.2. The number of aromatic nitrogens is 2. The summed E-state index contributed by atoms with van der Waals surface area (Å²) >= 11 is 0. The van der Waals surface area contributed by atoms with E-state index in [0.717, 1.165) is 24.4 Å². The highest BCUT2D eigenvalue weighted by atomic mass is 16.5. The van der Waals surface area contributed by atoms with Crippen LogP contribution in [0.4, 0.5) is 0 Å². The molecule has 1 heterocycles. The number of ether oxygens (including phenoxy) is 1. The van der Waals surface area contributed by atoms with Gasteiger partial charge in [-0.15, -0.1) is 0 Å². The smallest absolute Gasteiger partial charge is 0.168 e. The molecular formula is C16H20N2O2. The molecule has 0 saturated heterocycles. The number of carbonyl (C=O) groups excluding carboxylic acids is 1. The quantitative estimate of drug-likeness (QED) is 0.759. The van der Waals surface area contributed by atoms with Gasteiger partial charge in [-0.2, -0.15) is 5.10 Å². The normalized spacial score (nSPS) is 10.6. The van der Waals surface area contributed by atoms with Crippen molar-refractivity contribution in [3.8, 4) is 5.75 Å². The van der Waals surface area contributed by atoms with Crippen LogP contribution in [0.5, 0.6) is 5.75 Å². The molecular weight excluding hydrogens is 252 g/mol. The van der Waals surface area contributed by atoms with Crippen molar-refractivity contribution in [2.24, 2.45) is 0 Å². The van der Waals surface area contributed by atoms with E-state index in [4.69, 9.17) is 4.74 Å². The van der Waals surface area contributed by atoms with Crippen molar-refractivity contribution < 1.29 is 9.53 Å². The Kier molecular flexibility index (Phi) is 4.56. The second-order valence-corrected chi connectivity index (χ2v) is 4.63. The molecule has 0 aliphatic rings. The highest BCUT2D eigenvalue weighted by molar-refractivity contribution is 5.97. The van der Waals surface area contributed by atoms with Gasteiger partial charge in [-0.25, -0.2) is 0 Å². The lowest BCUT2D eigenvalue weighted by Crippen LogP contribution is -2.09. The summed E-state index contributed by atoms with van der Waals surface area (Å²) in [6.45, 7) is 4.88. The number of hydrogen-bond donors (Lipinski definition) is 0. The van der Waals surface area contributed by atoms with Gasteiger partial charge >= 0.3 is 0 Å². The molecule has 4 nitrogen and oxygen atoms in total. The Morgan fingerprint density at radius 3 is 2.75 bits per heavy atom. The highest BCUT2D eigenvalue weighted by Gasteiger charge is 2.12. The number of Topliss-reactive ketones (excluding diaryl/α,β-unsaturated/α-hetero) is 1. The third kappa shape index (κ3) is 3.07. The SMILES string of the molecule is CCc1cc(CC(=O)c2cccc(OC)c2)n(CC)n1. The van der Waals surface area contributed by atoms with Gasteiger partial charge in [0, 0.05) is 17.8 Å². The molecule has 2 aromatic rings. The molecule has 4 heteroatoms. The summed E-state index contributed by atoms with van der Waals surface area (Å²) in [5.74, 6) is 0.787. The van der Waals surface area contributed by atoms with Crippen LogP contribution in [-0.4, -0.2) is 22.7 Å². The molecule has 1 aromatic carbocycles. The molecule has 0 unspecified atom stereocenters. The fourth-order valence-corrected chi connectivity index (χ4v) is 2.17. The Labute approximate surface area is 119 Å². The van der Waals surface area contributed by atoms with Crippen molar-refractivity contribution in [3.63, 3.8) is 0 Å². The standard InChI is InChI=1S/C16H20N2O2/c1-4-13-10-14(18(5-2)17-13)11-16(19)12-7-6-8-15(9-12)20-3/h6-10H,4-5,11H2,1-3H3. The van der Waals surface area contributed by atoms with E-state index in [1.165, 1.54) is 0 Å². The van der Waals surface area contributed by atoms with Crippen LogP contribution in [0.3, 0.4) is 0 Å². The second-order valence-electron chi connectivity index (χ2n) is 4.63. The van der Waals surface area contributed by atoms with E-state index in [0.29, 0.717) is 17.7 Å². The van der Waals surface area contributed by atoms with Crippen molar-refractivity contribution in [2.45, 2.75) is 33.2 Å². The first-order chi connectivity index (χ1) is 9.67. The molecule has 20 heavy (non-hydrogen) atoms. The molecule has 0 fully saturated rings. The molecule has 0 aliphatic heterocycles. The van der Waals surface area contributed by atoms with Gasteiger partial charge in [0.05, 0.1) is 19.2 Å². The minimum Gasteiger partial charge on any atom is -0.497 e. The van der Waals surface area contributed by atoms with Crippen molar-refractivity contribution >= 4 is 5.78 Å². The molecule has 0 spiro atoms. The van der Waals surface area contributed by atoms with Crippen LogP contribution in [0.1, 0.15) is 35.6 Å². The first-order valence-electron chi connectivity index (χ1n) is 6.90. The first kappa shape index (κ1) is 14.3. The number of carbonyl (C=O) groups is 1. The van der Waals surface area contributed by atoms with E-state index in [-0.39, 0.29) is 5.78 Å². The minimum absolute atomic E-state index is 0.0844. The molecule has 0 N–H and O–H groups in total. The number of nitrogens with zero attached hydrogens (tertiary/aromatic N) is 2. The van der Waals surface area contributed by atoms with Crippen LogP contribution in [-0.2, 0) is 19.4 Å². The molecule has 0 bridgehead atoms. The largest absolute Gasteiger partial charge is 0.497 e. The van der Waals surface area contributed by atoms with Crippen molar-refractivity contribution in [2.75, 3.05) is 7.11 Å². The topological polar surface area (TPSA) is 44.1 Å². The molecule has 0 amide bonds. The van der Waals surface area contributed by atoms with Gasteiger partial charge in [0.25, 0.3) is 0 Å². The van der Waals surface area contributed by atoms with Gasteiger partial charge in [0.1, 0.15) is 5.75 Å². The third-order valence-electron chi connectivity index (χ3n) is 3.31. The van der Waals surface area contributed by atoms with Gasteiger partial charge < -0.3 is 4.74 Å². The lowest BCUT2D eigenvalue weighted by Gasteiger charge is -2.05. The Hall–Kier alpha value is -2.10. The summed E-state index contributed by atoms with van der Waals surface area (Å²) in [7, 11) is 1.60. The number of rotatable bonds is 6. The summed E-state index contributed by atoms with van der Waals surface area (Å²) in [6.07, 6.45) is 1.25. The van der Waals surface area contributed by atoms with E-state index in [2.05, 4.69) is 12.0 Å². The third-order valence-corrected chi connectivity index (χ3v) is 3.31. The zero-order chi connectivity index (χ0) is 14.5. The Bertz CT molecular complexity index is 602. The van der Waals surface area contributed by atoms with Crippen LogP contribution < -0.4 is 4.74 Å². The summed E-state index contributed by atoms with van der Waals surface area (Å²) in [4.78, 5) is 12.4. The molecule has 2 rings (SSSR count). The van der Waals surface area contributed by atoms with E-state index in [1.54, 1.807) is 13.2 Å². The van der Waals surface area contributed by atoms with Crippen molar-refractivity contribution in [1.29, 1.82) is 0 Å². The average molecular weight is 272 g/mol. The summed E-state index contributed by atoms with van der Waals surface area (Å²) in [5, 5.41) is 4.47. The van der Waals surface area contributed by atoms with Crippen LogP contribution >= 0.6 is 0 Å². The predicted molar refractivity (Wildman–Crippen MR) is 78.3 cm³/mol. The van der Waals surface area contributed by atoms with Crippen molar-refractivity contribution in [3.05, 3.63) is 47.3 Å². The fourth-order valence-electron chi connectivity index (χ4n) is 2.17. The lowest BCUT2D eigenvalue weighted by atomic mass is 10.1. The van der Waals surface area contributed by atoms with E-state index < -0.39 is 0 Å². The van der Waals surface area contributed by atoms with Crippen LogP contribution in [0.2, 0.25) is 0 Å². The number of methoxy groups -OCH3 is 1. The van der Waals surface area contributed by atoms with Gasteiger partial charge in [-0.05, 0) is 31.5 Å². The maximum atomic E-state index is 12.4. The van der Waals surface area contributed by atoms with Crippen LogP contribution in [0.15, 0.2) is 30.3 Å². The molecule has 106 valence electrons. The number of aryl methyl sites for hydroxylation is 2. The minimum atomic E-state index is 0.0844. The van der Waals surface area contributed by atoms with E-state index in [9.17, 15) is 4.79 Å². The maximum Gasteiger partial charge on any atom is 0.168 e. The highest BCUT2D eigenvalue weighted by Crippen LogP contribution is 2.15. The average Bonchev–Trinajstić information content (AvgIpc) is 2.89. The van der Waals surface area contributed by atoms with Gasteiger partial charge in [-0.3, -0.25) is 9.48 Å². The maximum absolute atomic E-state index is 12.4. The Balaban J connectivity index is 2.20. The Morgan fingerprint density at radius 1 is 1.30 bits per heavy atom. The number of hydrogen-bond acceptors (Lipinski definition) is 3. The zero-order valence-electron chi connectivity index (χ0n) is 12.2. The molecule has 1 aromatic heterocycles. The first-order valence-corrected chi connectivity index (χ1v) is 6.90. The Morgan fingerprint density at radius 2 is 2.10 bits per heavy atom. The van der Waals surface area contributed by atoms with E-state index in [1.807, 2.05) is 35.9 Å². The lowest BCUT2D eigenvalue weighted by molar-refractivity contribution is 0.0990. The van der Waals surface area contributed by atoms with Gasteiger partial charge in [0.15, 0.2) is 5.78 Å². The van der Waals surface area contributed by atoms with Crippen molar-refractivity contribution in [1.82, 2.24) is 9.78 Å². The molecule has 0 saturated carbocycles. The molecule has 0 radical (unpaired) electrons. The second kappa shape index (κ2) is 6.37. The molecule has 0 atom stereocenters. The fraction of sp³-hybridized carbons (Fsp3) is 0.375. The summed E-state index contributed by atoms with van der Waals surface area (Å²) < 4.78 is 7.05. The van der Waals surface area contributed by atoms with Gasteiger partial charge in [0.2, 0.25) is 0 Å². The molecule has 0 aliphatic carbocycles. The van der Waals surface area contributed by atoms with Crippen LogP contribution in [0.25, 0.3) is 0 Å². The monoisotopic (exact) mass is 272 g/mol. The predicted octanol–water partition coefficient (Wildman–Crippen LogP) is 2.90.